The summed E-state index contributed by atoms with van der Waals surface area (Å²) in [5.74, 6) is 0.667. The lowest BCUT2D eigenvalue weighted by Crippen LogP contribution is -2.02. The summed E-state index contributed by atoms with van der Waals surface area (Å²) in [6, 6.07) is 24.6. The number of aromatic nitrogens is 6. The number of hydrogen-bond donors (Lipinski definition) is 0. The van der Waals surface area contributed by atoms with Crippen molar-refractivity contribution in [2.45, 2.75) is 0 Å². The number of benzene rings is 2. The molecule has 2 aromatic carbocycles. The molecule has 0 atom stereocenters. The molecule has 6 rings (SSSR count). The molecule has 0 saturated heterocycles. The summed E-state index contributed by atoms with van der Waals surface area (Å²) in [7, 11) is 0. The van der Waals surface area contributed by atoms with Crippen LogP contribution in [0.2, 0.25) is 0 Å². The van der Waals surface area contributed by atoms with Gasteiger partial charge in [0, 0.05) is 16.2 Å². The average Bonchev–Trinajstić information content (AvgIpc) is 3.51. The van der Waals surface area contributed by atoms with Crippen molar-refractivity contribution in [1.82, 2.24) is 29.9 Å². The van der Waals surface area contributed by atoms with E-state index in [0.29, 0.717) is 5.82 Å². The highest BCUT2D eigenvalue weighted by Gasteiger charge is 2.15. The molecule has 0 fully saturated rings. The maximum Gasteiger partial charge on any atom is 0.185 e. The predicted molar refractivity (Wildman–Crippen MR) is 119 cm³/mol. The van der Waals surface area contributed by atoms with Gasteiger partial charge in [0.05, 0.1) is 21.0 Å². The maximum atomic E-state index is 4.82. The van der Waals surface area contributed by atoms with Crippen LogP contribution >= 0.6 is 11.3 Å². The van der Waals surface area contributed by atoms with Crippen molar-refractivity contribution in [2.75, 3.05) is 0 Å². The molecule has 30 heavy (non-hydrogen) atoms. The quantitative estimate of drug-likeness (QED) is 0.406. The summed E-state index contributed by atoms with van der Waals surface area (Å²) in [5.41, 5.74) is 2.81. The molecule has 0 radical (unpaired) electrons. The van der Waals surface area contributed by atoms with Crippen LogP contribution in [0.3, 0.4) is 0 Å². The molecule has 0 aliphatic rings. The first-order chi connectivity index (χ1) is 14.9. The van der Waals surface area contributed by atoms with Gasteiger partial charge in [-0.3, -0.25) is 0 Å². The summed E-state index contributed by atoms with van der Waals surface area (Å²) >= 11 is 1.67. The molecule has 0 aliphatic carbocycles. The Morgan fingerprint density at radius 1 is 0.733 bits per heavy atom. The highest BCUT2D eigenvalue weighted by Crippen LogP contribution is 2.37. The van der Waals surface area contributed by atoms with E-state index in [1.54, 1.807) is 22.3 Å². The van der Waals surface area contributed by atoms with Crippen molar-refractivity contribution < 1.29 is 0 Å². The van der Waals surface area contributed by atoms with Gasteiger partial charge in [-0.05, 0) is 24.3 Å². The first-order valence-corrected chi connectivity index (χ1v) is 10.3. The smallest absolute Gasteiger partial charge is 0.185 e. The molecule has 6 aromatic rings. The molecule has 0 bridgehead atoms. The lowest BCUT2D eigenvalue weighted by molar-refractivity contribution is 0.826. The molecule has 0 saturated carbocycles. The third-order valence-electron chi connectivity index (χ3n) is 4.99. The van der Waals surface area contributed by atoms with E-state index in [1.807, 2.05) is 36.4 Å². The highest BCUT2D eigenvalue weighted by molar-refractivity contribution is 7.18. The van der Waals surface area contributed by atoms with Crippen molar-refractivity contribution in [3.8, 4) is 27.0 Å². The summed E-state index contributed by atoms with van der Waals surface area (Å²) < 4.78 is 1.64. The molecule has 4 heterocycles. The Bertz CT molecular complexity index is 1500. The van der Waals surface area contributed by atoms with E-state index in [1.165, 1.54) is 6.33 Å². The fourth-order valence-corrected chi connectivity index (χ4v) is 4.54. The lowest BCUT2D eigenvalue weighted by atomic mass is 10.1. The highest BCUT2D eigenvalue weighted by atomic mass is 32.1. The summed E-state index contributed by atoms with van der Waals surface area (Å²) in [6.45, 7) is 0. The second-order valence-corrected chi connectivity index (χ2v) is 7.89. The topological polar surface area (TPSA) is 69.4 Å². The van der Waals surface area contributed by atoms with Gasteiger partial charge in [-0.2, -0.15) is 5.10 Å². The van der Waals surface area contributed by atoms with E-state index in [2.05, 4.69) is 56.7 Å². The maximum absolute atomic E-state index is 4.82. The predicted octanol–water partition coefficient (Wildman–Crippen LogP) is 5.15. The van der Waals surface area contributed by atoms with E-state index in [4.69, 9.17) is 4.98 Å². The van der Waals surface area contributed by atoms with Crippen molar-refractivity contribution in [3.05, 3.63) is 85.5 Å². The van der Waals surface area contributed by atoms with Crippen LogP contribution in [0, 0.1) is 0 Å². The van der Waals surface area contributed by atoms with Crippen LogP contribution in [0.5, 0.6) is 0 Å². The van der Waals surface area contributed by atoms with Gasteiger partial charge >= 0.3 is 0 Å². The normalized spacial score (nSPS) is 11.3. The van der Waals surface area contributed by atoms with E-state index >= 15 is 0 Å². The SMILES string of the molecule is c1ccc2nc(-c3ccc(-c4nnc(-n5cncn5)c5ccccc45)s3)ccc2c1. The molecular weight excluding hydrogens is 392 g/mol. The number of hydrogen-bond acceptors (Lipinski definition) is 6. The Balaban J connectivity index is 1.47. The van der Waals surface area contributed by atoms with Crippen LogP contribution < -0.4 is 0 Å². The van der Waals surface area contributed by atoms with Gasteiger partial charge in [0.25, 0.3) is 0 Å². The van der Waals surface area contributed by atoms with E-state index in [0.717, 1.165) is 42.8 Å². The fourth-order valence-electron chi connectivity index (χ4n) is 3.56. The van der Waals surface area contributed by atoms with Crippen molar-refractivity contribution in [2.24, 2.45) is 0 Å². The minimum atomic E-state index is 0.667. The van der Waals surface area contributed by atoms with Gasteiger partial charge < -0.3 is 0 Å². The average molecular weight is 406 g/mol. The molecule has 6 nitrogen and oxygen atoms in total. The zero-order valence-electron chi connectivity index (χ0n) is 15.7. The summed E-state index contributed by atoms with van der Waals surface area (Å²) in [5, 5.41) is 16.3. The molecule has 0 unspecified atom stereocenters. The zero-order valence-corrected chi connectivity index (χ0v) is 16.5. The van der Waals surface area contributed by atoms with Crippen LogP contribution in [0.1, 0.15) is 0 Å². The van der Waals surface area contributed by atoms with Crippen LogP contribution in [0.25, 0.3) is 48.6 Å². The molecule has 0 aliphatic heterocycles. The second-order valence-electron chi connectivity index (χ2n) is 6.81. The number of thiophene rings is 1. The van der Waals surface area contributed by atoms with E-state index in [-0.39, 0.29) is 0 Å². The minimum absolute atomic E-state index is 0.667. The van der Waals surface area contributed by atoms with E-state index in [9.17, 15) is 0 Å². The zero-order chi connectivity index (χ0) is 19.9. The molecule has 0 spiro atoms. The third kappa shape index (κ3) is 2.75. The van der Waals surface area contributed by atoms with E-state index < -0.39 is 0 Å². The summed E-state index contributed by atoms with van der Waals surface area (Å²) in [4.78, 5) is 11.0. The van der Waals surface area contributed by atoms with Crippen LogP contribution in [0.15, 0.2) is 85.5 Å². The van der Waals surface area contributed by atoms with Gasteiger partial charge in [-0.25, -0.2) is 14.6 Å². The van der Waals surface area contributed by atoms with Crippen LogP contribution in [-0.4, -0.2) is 29.9 Å². The van der Waals surface area contributed by atoms with Gasteiger partial charge in [-0.15, -0.1) is 21.5 Å². The molecule has 142 valence electrons. The molecule has 4 aromatic heterocycles. The monoisotopic (exact) mass is 406 g/mol. The second kappa shape index (κ2) is 6.82. The Labute approximate surface area is 175 Å². The number of para-hydroxylation sites is 1. The Hall–Kier alpha value is -3.97. The van der Waals surface area contributed by atoms with Crippen molar-refractivity contribution in [1.29, 1.82) is 0 Å². The first kappa shape index (κ1) is 16.9. The standard InChI is InChI=1S/C23H14N6S/c1-4-8-18-15(5-1)9-10-19(26-18)20-11-12-21(30-20)22-16-6-2-3-7-17(16)23(28-27-22)29-14-24-13-25-29/h1-14H. The van der Waals surface area contributed by atoms with Gasteiger partial charge in [-0.1, -0.05) is 48.5 Å². The summed E-state index contributed by atoms with van der Waals surface area (Å²) in [6.07, 6.45) is 3.12. The van der Waals surface area contributed by atoms with Gasteiger partial charge in [0.15, 0.2) is 5.82 Å². The number of rotatable bonds is 3. The molecular formula is C23H14N6S. The van der Waals surface area contributed by atoms with Crippen LogP contribution in [0.4, 0.5) is 0 Å². The molecule has 7 heteroatoms. The molecule has 0 amide bonds. The molecule has 0 N–H and O–H groups in total. The van der Waals surface area contributed by atoms with Gasteiger partial charge in [0.2, 0.25) is 0 Å². The third-order valence-corrected chi connectivity index (χ3v) is 6.11. The lowest BCUT2D eigenvalue weighted by Gasteiger charge is -2.07. The largest absolute Gasteiger partial charge is 0.247 e. The Morgan fingerprint density at radius 3 is 2.47 bits per heavy atom. The van der Waals surface area contributed by atoms with Crippen LogP contribution in [-0.2, 0) is 0 Å². The van der Waals surface area contributed by atoms with Gasteiger partial charge in [0.1, 0.15) is 18.3 Å². The number of nitrogens with zero attached hydrogens (tertiary/aromatic N) is 6. The number of fused-ring (bicyclic) bond motifs is 2. The fraction of sp³-hybridized carbons (Fsp3) is 0. The first-order valence-electron chi connectivity index (χ1n) is 9.44. The minimum Gasteiger partial charge on any atom is -0.247 e. The van der Waals surface area contributed by atoms with Crippen molar-refractivity contribution >= 4 is 33.0 Å². The number of pyridine rings is 1. The van der Waals surface area contributed by atoms with Crippen molar-refractivity contribution in [3.63, 3.8) is 0 Å². The Morgan fingerprint density at radius 2 is 1.57 bits per heavy atom. The Kier molecular flexibility index (Phi) is 3.85.